The Morgan fingerprint density at radius 2 is 2.55 bits per heavy atom. The van der Waals surface area contributed by atoms with E-state index < -0.39 is 6.85 Å². The lowest BCUT2D eigenvalue weighted by Crippen LogP contribution is -2.33. The maximum Gasteiger partial charge on any atom is 0.173 e. The van der Waals surface area contributed by atoms with E-state index >= 15 is 0 Å². The molecule has 0 bridgehead atoms. The van der Waals surface area contributed by atoms with E-state index in [1.165, 1.54) is 12.8 Å². The lowest BCUT2D eigenvalue weighted by molar-refractivity contribution is 0.477. The average Bonchev–Trinajstić information content (AvgIpc) is 2.47. The van der Waals surface area contributed by atoms with Crippen LogP contribution < -0.4 is 0 Å². The Labute approximate surface area is 68.6 Å². The SMILES string of the molecule is CCCCN1CC=C[BH-]1C#N. The molecule has 0 amide bonds. The van der Waals surface area contributed by atoms with Gasteiger partial charge in [-0.1, -0.05) is 13.3 Å². The highest BCUT2D eigenvalue weighted by molar-refractivity contribution is 6.69. The molecule has 1 unspecified atom stereocenters. The maximum absolute atomic E-state index is 8.73. The fourth-order valence-electron chi connectivity index (χ4n) is 1.47. The van der Waals surface area contributed by atoms with Crippen molar-refractivity contribution in [3.63, 3.8) is 0 Å². The van der Waals surface area contributed by atoms with Crippen molar-refractivity contribution < 1.29 is 0 Å². The second-order valence-electron chi connectivity index (χ2n) is 3.10. The summed E-state index contributed by atoms with van der Waals surface area (Å²) in [6.45, 7) is 3.54. The normalized spacial score (nSPS) is 23.8. The molecule has 0 fully saturated rings. The summed E-state index contributed by atoms with van der Waals surface area (Å²) in [5.41, 5.74) is 0. The third-order valence-corrected chi connectivity index (χ3v) is 2.23. The van der Waals surface area contributed by atoms with E-state index in [-0.39, 0.29) is 0 Å². The van der Waals surface area contributed by atoms with Crippen molar-refractivity contribution in [1.82, 2.24) is 4.81 Å². The second kappa shape index (κ2) is 4.20. The van der Waals surface area contributed by atoms with Crippen LogP contribution in [0.5, 0.6) is 0 Å². The standard InChI is InChI=1S/C8H14BN2/c1-2-3-6-11-7-4-5-9(11)8-10/h4-5,9H,2-3,6-7H2,1H3/q-1. The molecule has 0 aliphatic carbocycles. The average molecular weight is 149 g/mol. The minimum absolute atomic E-state index is 0.732. The molecular weight excluding hydrogens is 135 g/mol. The predicted octanol–water partition coefficient (Wildman–Crippen LogP) is 0.984. The van der Waals surface area contributed by atoms with Gasteiger partial charge < -0.3 is 4.81 Å². The van der Waals surface area contributed by atoms with Crippen LogP contribution in [0.2, 0.25) is 0 Å². The molecule has 3 heteroatoms. The molecule has 0 aromatic carbocycles. The third-order valence-electron chi connectivity index (χ3n) is 2.23. The number of nitrogens with zero attached hydrogens (tertiary/aromatic N) is 2. The number of hydrogen-bond donors (Lipinski definition) is 0. The quantitative estimate of drug-likeness (QED) is 0.559. The monoisotopic (exact) mass is 149 g/mol. The molecule has 1 heterocycles. The molecule has 60 valence electrons. The molecule has 0 aromatic rings. The molecule has 11 heavy (non-hydrogen) atoms. The van der Waals surface area contributed by atoms with Gasteiger partial charge in [0.25, 0.3) is 0 Å². The van der Waals surface area contributed by atoms with Gasteiger partial charge in [0.05, 0.1) is 0 Å². The van der Waals surface area contributed by atoms with Gasteiger partial charge in [-0.15, -0.1) is 12.0 Å². The summed E-state index contributed by atoms with van der Waals surface area (Å²) in [7, 11) is 0. The summed E-state index contributed by atoms with van der Waals surface area (Å²) in [6, 6.07) is 0. The van der Waals surface area contributed by atoms with Gasteiger partial charge in [0.1, 0.15) is 0 Å². The highest BCUT2D eigenvalue weighted by atomic mass is 15.1. The largest absolute Gasteiger partial charge is 0.458 e. The smallest absolute Gasteiger partial charge is 0.173 e. The number of rotatable bonds is 3. The van der Waals surface area contributed by atoms with Crippen LogP contribution in [0.25, 0.3) is 0 Å². The van der Waals surface area contributed by atoms with Crippen molar-refractivity contribution in [2.24, 2.45) is 0 Å². The lowest BCUT2D eigenvalue weighted by atomic mass is 9.64. The van der Waals surface area contributed by atoms with E-state index in [0.717, 1.165) is 13.1 Å². The summed E-state index contributed by atoms with van der Waals surface area (Å²) < 4.78 is 0. The Hall–Kier alpha value is -0.745. The molecular formula is C8H14BN2-. The van der Waals surface area contributed by atoms with Crippen LogP contribution in [0.3, 0.4) is 0 Å². The summed E-state index contributed by atoms with van der Waals surface area (Å²) in [4.78, 5) is 2.28. The highest BCUT2D eigenvalue weighted by Crippen LogP contribution is 2.05. The van der Waals surface area contributed by atoms with Gasteiger partial charge in [0, 0.05) is 0 Å². The highest BCUT2D eigenvalue weighted by Gasteiger charge is 2.10. The summed E-state index contributed by atoms with van der Waals surface area (Å²) >= 11 is 0. The van der Waals surface area contributed by atoms with Crippen LogP contribution in [-0.2, 0) is 0 Å². The van der Waals surface area contributed by atoms with Crippen LogP contribution in [0.1, 0.15) is 19.8 Å². The van der Waals surface area contributed by atoms with E-state index in [1.807, 2.05) is 0 Å². The Kier molecular flexibility index (Phi) is 3.19. The molecule has 1 rings (SSSR count). The van der Waals surface area contributed by atoms with E-state index in [4.69, 9.17) is 5.26 Å². The molecule has 1 aliphatic rings. The van der Waals surface area contributed by atoms with Gasteiger partial charge in [-0.25, -0.2) is 11.2 Å². The van der Waals surface area contributed by atoms with E-state index in [1.54, 1.807) is 0 Å². The van der Waals surface area contributed by atoms with Gasteiger partial charge >= 0.3 is 0 Å². The molecule has 0 saturated heterocycles. The topological polar surface area (TPSA) is 27.0 Å². The zero-order chi connectivity index (χ0) is 8.10. The van der Waals surface area contributed by atoms with Crippen molar-refractivity contribution in [1.29, 1.82) is 5.26 Å². The first-order valence-corrected chi connectivity index (χ1v) is 4.38. The van der Waals surface area contributed by atoms with Crippen LogP contribution in [-0.4, -0.2) is 24.7 Å². The summed E-state index contributed by atoms with van der Waals surface area (Å²) in [5.74, 6) is 4.41. The second-order valence-corrected chi connectivity index (χ2v) is 3.10. The van der Waals surface area contributed by atoms with Crippen molar-refractivity contribution in [3.8, 4) is 5.97 Å². The van der Waals surface area contributed by atoms with E-state index in [9.17, 15) is 0 Å². The predicted molar refractivity (Wildman–Crippen MR) is 48.4 cm³/mol. The molecule has 0 saturated carbocycles. The van der Waals surface area contributed by atoms with E-state index in [2.05, 4.69) is 29.8 Å². The Morgan fingerprint density at radius 3 is 3.18 bits per heavy atom. The molecule has 0 spiro atoms. The van der Waals surface area contributed by atoms with Gasteiger partial charge in [-0.05, 0) is 19.5 Å². The molecule has 0 radical (unpaired) electrons. The van der Waals surface area contributed by atoms with Crippen molar-refractivity contribution in [2.75, 3.05) is 13.1 Å². The first-order valence-electron chi connectivity index (χ1n) is 4.38. The Bertz CT molecular complexity index is 183. The molecule has 1 atom stereocenters. The van der Waals surface area contributed by atoms with Crippen LogP contribution >= 0.6 is 0 Å². The fraction of sp³-hybridized carbons (Fsp3) is 0.625. The third kappa shape index (κ3) is 2.09. The molecule has 2 nitrogen and oxygen atoms in total. The molecule has 0 N–H and O–H groups in total. The van der Waals surface area contributed by atoms with Gasteiger partial charge in [-0.3, -0.25) is 0 Å². The zero-order valence-electron chi connectivity index (χ0n) is 7.08. The summed E-state index contributed by atoms with van der Waals surface area (Å²) in [6.07, 6.45) is 4.54. The van der Waals surface area contributed by atoms with Crippen molar-refractivity contribution >= 4 is 6.85 Å². The van der Waals surface area contributed by atoms with Crippen molar-refractivity contribution in [3.05, 3.63) is 12.1 Å². The number of hydrogen-bond acceptors (Lipinski definition) is 2. The lowest BCUT2D eigenvalue weighted by Gasteiger charge is -2.26. The van der Waals surface area contributed by atoms with E-state index in [0.29, 0.717) is 0 Å². The Morgan fingerprint density at radius 1 is 1.73 bits per heavy atom. The van der Waals surface area contributed by atoms with Gasteiger partial charge in [-0.2, -0.15) is 0 Å². The maximum atomic E-state index is 8.73. The van der Waals surface area contributed by atoms with Gasteiger partial charge in [0.15, 0.2) is 6.85 Å². The van der Waals surface area contributed by atoms with Crippen LogP contribution in [0.4, 0.5) is 0 Å². The molecule has 0 aromatic heterocycles. The number of unbranched alkanes of at least 4 members (excludes halogenated alkanes) is 1. The minimum Gasteiger partial charge on any atom is -0.458 e. The van der Waals surface area contributed by atoms with Crippen LogP contribution in [0, 0.1) is 11.2 Å². The van der Waals surface area contributed by atoms with Crippen LogP contribution in [0.15, 0.2) is 12.1 Å². The number of nitriles is 1. The first kappa shape index (κ1) is 8.35. The van der Waals surface area contributed by atoms with Gasteiger partial charge in [0.2, 0.25) is 0 Å². The zero-order valence-corrected chi connectivity index (χ0v) is 7.08. The minimum atomic E-state index is -0.732. The Balaban J connectivity index is 2.31. The fourth-order valence-corrected chi connectivity index (χ4v) is 1.47. The molecule has 1 aliphatic heterocycles. The van der Waals surface area contributed by atoms with Crippen molar-refractivity contribution in [2.45, 2.75) is 19.8 Å². The first-order chi connectivity index (χ1) is 5.38. The summed E-state index contributed by atoms with van der Waals surface area (Å²) in [5, 5.41) is 8.73.